The predicted molar refractivity (Wildman–Crippen MR) is 137 cm³/mol. The summed E-state index contributed by atoms with van der Waals surface area (Å²) in [5.41, 5.74) is 4.63. The number of fused-ring (bicyclic) bond motifs is 1. The van der Waals surface area contributed by atoms with Crippen LogP contribution in [0.25, 0.3) is 10.9 Å². The standard InChI is InChI=1S/C26H18F5N9O3/c27-14-6-18(25(43)37-21-10-33-9-19(36-21)26(29,30)31)39(11-14)22(41)12-40-17-3-1-13(5-16(17)23(38-40)24(32)42)2-4-20-34-7-15(28)8-35-20/h1,3,5,7-10,14,18H,6,11-12H2,(H2,32,42)(H,36,37,43)/t14-,18+/m1/s1. The Hall–Kier alpha value is -5.53. The van der Waals surface area contributed by atoms with Crippen molar-refractivity contribution < 1.29 is 36.3 Å². The fraction of sp³-hybridized carbons (Fsp3) is 0.231. The number of hydrogen-bond acceptors (Lipinski definition) is 8. The molecule has 3 N–H and O–H groups in total. The van der Waals surface area contributed by atoms with Crippen LogP contribution >= 0.6 is 0 Å². The highest BCUT2D eigenvalue weighted by Gasteiger charge is 2.40. The Labute approximate surface area is 238 Å². The summed E-state index contributed by atoms with van der Waals surface area (Å²) in [6.45, 7) is -0.990. The molecule has 3 aromatic heterocycles. The molecule has 4 heterocycles. The number of likely N-dealkylation sites (tertiary alicyclic amines) is 1. The first-order valence-electron chi connectivity index (χ1n) is 12.3. The van der Waals surface area contributed by atoms with Crippen LogP contribution in [0.2, 0.25) is 0 Å². The molecule has 0 saturated carbocycles. The summed E-state index contributed by atoms with van der Waals surface area (Å²) in [5, 5.41) is 6.51. The Morgan fingerprint density at radius 2 is 1.84 bits per heavy atom. The lowest BCUT2D eigenvalue weighted by atomic mass is 10.1. The number of anilines is 1. The van der Waals surface area contributed by atoms with Gasteiger partial charge in [0, 0.05) is 17.4 Å². The summed E-state index contributed by atoms with van der Waals surface area (Å²) in [6, 6.07) is 3.17. The molecule has 2 atom stereocenters. The molecular weight excluding hydrogens is 581 g/mol. The van der Waals surface area contributed by atoms with Gasteiger partial charge in [-0.25, -0.2) is 23.7 Å². The highest BCUT2D eigenvalue weighted by molar-refractivity contribution is 6.04. The zero-order chi connectivity index (χ0) is 30.9. The monoisotopic (exact) mass is 599 g/mol. The van der Waals surface area contributed by atoms with E-state index in [9.17, 15) is 36.3 Å². The van der Waals surface area contributed by atoms with E-state index in [2.05, 4.69) is 42.2 Å². The third-order valence-electron chi connectivity index (χ3n) is 6.26. The van der Waals surface area contributed by atoms with Crippen molar-refractivity contribution in [1.82, 2.24) is 34.6 Å². The summed E-state index contributed by atoms with van der Waals surface area (Å²) >= 11 is 0. The Morgan fingerprint density at radius 1 is 1.09 bits per heavy atom. The fourth-order valence-electron chi connectivity index (χ4n) is 4.36. The number of amides is 3. The summed E-state index contributed by atoms with van der Waals surface area (Å²) in [7, 11) is 0. The van der Waals surface area contributed by atoms with Crippen LogP contribution in [-0.4, -0.2) is 71.1 Å². The molecule has 0 aliphatic carbocycles. The maximum Gasteiger partial charge on any atom is 0.434 e. The zero-order valence-electron chi connectivity index (χ0n) is 21.6. The second-order valence-electron chi connectivity index (χ2n) is 9.25. The minimum atomic E-state index is -4.81. The van der Waals surface area contributed by atoms with E-state index in [1.807, 2.05) is 0 Å². The lowest BCUT2D eigenvalue weighted by molar-refractivity contribution is -0.141. The van der Waals surface area contributed by atoms with Gasteiger partial charge in [-0.05, 0) is 24.1 Å². The SMILES string of the molecule is NC(=O)c1nn(CC(=O)N2C[C@H](F)C[C@H]2C(=O)Nc2cncc(C(F)(F)F)n2)c2ccc(C#Cc3ncc(F)cn3)cc12. The minimum Gasteiger partial charge on any atom is -0.364 e. The van der Waals surface area contributed by atoms with Gasteiger partial charge < -0.3 is 16.0 Å². The van der Waals surface area contributed by atoms with E-state index in [1.165, 1.54) is 12.1 Å². The van der Waals surface area contributed by atoms with Crippen LogP contribution in [-0.2, 0) is 22.3 Å². The number of carbonyl (C=O) groups is 3. The minimum absolute atomic E-state index is 0.0494. The fourth-order valence-corrected chi connectivity index (χ4v) is 4.36. The van der Waals surface area contributed by atoms with Gasteiger partial charge in [0.25, 0.3) is 5.91 Å². The Morgan fingerprint density at radius 3 is 2.53 bits per heavy atom. The van der Waals surface area contributed by atoms with E-state index in [0.29, 0.717) is 17.3 Å². The number of hydrogen-bond donors (Lipinski definition) is 2. The van der Waals surface area contributed by atoms with Crippen molar-refractivity contribution in [2.75, 3.05) is 11.9 Å². The predicted octanol–water partition coefficient (Wildman–Crippen LogP) is 1.85. The Bertz CT molecular complexity index is 1800. The van der Waals surface area contributed by atoms with Crippen LogP contribution in [0.3, 0.4) is 0 Å². The average molecular weight is 599 g/mol. The number of nitrogens with one attached hydrogen (secondary N) is 1. The molecule has 43 heavy (non-hydrogen) atoms. The van der Waals surface area contributed by atoms with Gasteiger partial charge in [0.2, 0.25) is 17.6 Å². The van der Waals surface area contributed by atoms with E-state index in [1.54, 1.807) is 6.07 Å². The number of nitrogens with two attached hydrogens (primary N) is 1. The number of primary amides is 1. The Balaban J connectivity index is 1.37. The molecule has 0 radical (unpaired) electrons. The van der Waals surface area contributed by atoms with Crippen LogP contribution in [0.4, 0.5) is 27.8 Å². The first-order chi connectivity index (χ1) is 20.4. The first kappa shape index (κ1) is 29.0. The number of benzene rings is 1. The van der Waals surface area contributed by atoms with E-state index < -0.39 is 73.0 Å². The molecule has 3 amide bonds. The lowest BCUT2D eigenvalue weighted by Gasteiger charge is -2.23. The summed E-state index contributed by atoms with van der Waals surface area (Å²) in [4.78, 5) is 53.3. The van der Waals surface area contributed by atoms with Crippen LogP contribution in [0.5, 0.6) is 0 Å². The molecule has 1 aliphatic rings. The van der Waals surface area contributed by atoms with Crippen LogP contribution < -0.4 is 11.1 Å². The maximum atomic E-state index is 14.4. The van der Waals surface area contributed by atoms with Gasteiger partial charge in [0.05, 0.1) is 36.8 Å². The molecule has 1 fully saturated rings. The van der Waals surface area contributed by atoms with Crippen LogP contribution in [0, 0.1) is 17.7 Å². The highest BCUT2D eigenvalue weighted by Crippen LogP contribution is 2.28. The number of alkyl halides is 4. The first-order valence-corrected chi connectivity index (χ1v) is 12.3. The number of carbonyl (C=O) groups excluding carboxylic acids is 3. The summed E-state index contributed by atoms with van der Waals surface area (Å²) < 4.78 is 67.4. The topological polar surface area (TPSA) is 162 Å². The smallest absolute Gasteiger partial charge is 0.364 e. The largest absolute Gasteiger partial charge is 0.434 e. The number of halogens is 5. The average Bonchev–Trinajstić information content (AvgIpc) is 3.53. The molecule has 0 bridgehead atoms. The quantitative estimate of drug-likeness (QED) is 0.260. The molecule has 220 valence electrons. The number of rotatable bonds is 5. The summed E-state index contributed by atoms with van der Waals surface area (Å²) in [5.74, 6) is 1.68. The molecule has 5 rings (SSSR count). The molecule has 17 heteroatoms. The van der Waals surface area contributed by atoms with E-state index in [4.69, 9.17) is 5.73 Å². The molecule has 0 unspecified atom stereocenters. The van der Waals surface area contributed by atoms with Gasteiger partial charge in [-0.15, -0.1) is 0 Å². The van der Waals surface area contributed by atoms with Crippen molar-refractivity contribution in [1.29, 1.82) is 0 Å². The second-order valence-corrected chi connectivity index (χ2v) is 9.25. The molecule has 1 aromatic carbocycles. The lowest BCUT2D eigenvalue weighted by Crippen LogP contribution is -2.44. The van der Waals surface area contributed by atoms with E-state index in [-0.39, 0.29) is 16.9 Å². The summed E-state index contributed by atoms with van der Waals surface area (Å²) in [6.07, 6.45) is -3.55. The normalized spacial score (nSPS) is 16.5. The Kier molecular flexibility index (Phi) is 7.68. The van der Waals surface area contributed by atoms with Crippen molar-refractivity contribution >= 4 is 34.4 Å². The van der Waals surface area contributed by atoms with Gasteiger partial charge in [0.15, 0.2) is 23.0 Å². The van der Waals surface area contributed by atoms with Gasteiger partial charge in [-0.1, -0.05) is 5.92 Å². The number of nitrogens with zero attached hydrogens (tertiary/aromatic N) is 7. The van der Waals surface area contributed by atoms with Crippen molar-refractivity contribution in [3.05, 3.63) is 71.6 Å². The molecule has 1 aliphatic heterocycles. The maximum absolute atomic E-state index is 14.4. The van der Waals surface area contributed by atoms with Crippen molar-refractivity contribution in [3.8, 4) is 11.8 Å². The van der Waals surface area contributed by atoms with Crippen molar-refractivity contribution in [2.24, 2.45) is 5.73 Å². The molecule has 1 saturated heterocycles. The number of aromatic nitrogens is 6. The molecule has 12 nitrogen and oxygen atoms in total. The third-order valence-corrected chi connectivity index (χ3v) is 6.26. The molecular formula is C26H18F5N9O3. The van der Waals surface area contributed by atoms with Crippen molar-refractivity contribution in [3.63, 3.8) is 0 Å². The second kappa shape index (κ2) is 11.4. The zero-order valence-corrected chi connectivity index (χ0v) is 21.6. The van der Waals surface area contributed by atoms with Crippen LogP contribution in [0.1, 0.15) is 34.0 Å². The third kappa shape index (κ3) is 6.37. The highest BCUT2D eigenvalue weighted by atomic mass is 19.4. The van der Waals surface area contributed by atoms with Gasteiger partial charge in [-0.3, -0.25) is 24.0 Å². The molecule has 0 spiro atoms. The van der Waals surface area contributed by atoms with Gasteiger partial charge in [0.1, 0.15) is 18.8 Å². The van der Waals surface area contributed by atoms with Gasteiger partial charge >= 0.3 is 6.18 Å². The van der Waals surface area contributed by atoms with Crippen LogP contribution in [0.15, 0.2) is 43.0 Å². The van der Waals surface area contributed by atoms with E-state index in [0.717, 1.165) is 28.2 Å². The van der Waals surface area contributed by atoms with Crippen molar-refractivity contribution in [2.45, 2.75) is 31.4 Å². The van der Waals surface area contributed by atoms with Gasteiger partial charge in [-0.2, -0.15) is 18.3 Å². The van der Waals surface area contributed by atoms with E-state index >= 15 is 0 Å². The molecule has 4 aromatic rings.